The number of carbonyl (C=O) groups excluding carboxylic acids is 2. The number of benzene rings is 2. The second-order valence-corrected chi connectivity index (χ2v) is 7.96. The Morgan fingerprint density at radius 3 is 2.54 bits per heavy atom. The Hall–Kier alpha value is -4.61. The van der Waals surface area contributed by atoms with Gasteiger partial charge in [-0.2, -0.15) is 5.26 Å². The molecule has 8 nitrogen and oxygen atoms in total. The SMILES string of the molecule is Cc1ccc(-c2nnc(/C=C/C(=O)NCC(=O)c3ccc(C#N)cc3)n2-c2ccccc2Cl)nc1. The molecule has 172 valence electrons. The standard InChI is InChI=1S/C26H19ClN6O2/c1-17-6-11-21(29-15-17)26-32-31-24(33(26)22-5-3-2-4-20(22)27)12-13-25(35)30-16-23(34)19-9-7-18(14-28)8-10-19/h2-13,15H,16H2,1H3,(H,30,35)/b13-12+. The minimum atomic E-state index is -0.476. The van der Waals surface area contributed by atoms with Crippen LogP contribution in [0, 0.1) is 18.3 Å². The van der Waals surface area contributed by atoms with Crippen LogP contribution in [-0.2, 0) is 4.79 Å². The van der Waals surface area contributed by atoms with Crippen molar-refractivity contribution in [2.24, 2.45) is 0 Å². The number of Topliss-reactive ketones (excluding diaryl/α,β-unsaturated/α-hetero) is 1. The normalized spacial score (nSPS) is 10.8. The van der Waals surface area contributed by atoms with Crippen molar-refractivity contribution in [2.45, 2.75) is 6.92 Å². The van der Waals surface area contributed by atoms with Crippen molar-refractivity contribution < 1.29 is 9.59 Å². The van der Waals surface area contributed by atoms with Crippen LogP contribution in [0.5, 0.6) is 0 Å². The van der Waals surface area contributed by atoms with Crippen LogP contribution >= 0.6 is 11.6 Å². The van der Waals surface area contributed by atoms with E-state index in [-0.39, 0.29) is 12.3 Å². The Balaban J connectivity index is 1.55. The molecule has 0 fully saturated rings. The van der Waals surface area contributed by atoms with Gasteiger partial charge in [-0.05, 0) is 48.9 Å². The molecule has 4 aromatic rings. The average molecular weight is 483 g/mol. The van der Waals surface area contributed by atoms with Crippen molar-refractivity contribution in [1.29, 1.82) is 5.26 Å². The number of carbonyl (C=O) groups is 2. The van der Waals surface area contributed by atoms with Gasteiger partial charge in [0.15, 0.2) is 17.4 Å². The molecule has 9 heteroatoms. The molecule has 1 amide bonds. The first kappa shape index (κ1) is 23.5. The van der Waals surface area contributed by atoms with Crippen molar-refractivity contribution in [3.63, 3.8) is 0 Å². The third-order valence-electron chi connectivity index (χ3n) is 5.06. The number of ketones is 1. The molecular formula is C26H19ClN6O2. The average Bonchev–Trinajstić information content (AvgIpc) is 3.30. The summed E-state index contributed by atoms with van der Waals surface area (Å²) in [5.74, 6) is 0.0807. The molecule has 1 N–H and O–H groups in total. The fourth-order valence-corrected chi connectivity index (χ4v) is 3.47. The molecule has 0 aliphatic heterocycles. The smallest absolute Gasteiger partial charge is 0.244 e. The largest absolute Gasteiger partial charge is 0.345 e. The molecular weight excluding hydrogens is 464 g/mol. The lowest BCUT2D eigenvalue weighted by molar-refractivity contribution is -0.116. The van der Waals surface area contributed by atoms with Crippen LogP contribution in [0.1, 0.15) is 27.3 Å². The highest BCUT2D eigenvalue weighted by Gasteiger charge is 2.17. The molecule has 4 rings (SSSR count). The lowest BCUT2D eigenvalue weighted by Gasteiger charge is -2.10. The van der Waals surface area contributed by atoms with Gasteiger partial charge in [0, 0.05) is 17.8 Å². The van der Waals surface area contributed by atoms with Gasteiger partial charge in [0.1, 0.15) is 5.69 Å². The van der Waals surface area contributed by atoms with Crippen LogP contribution in [0.2, 0.25) is 5.02 Å². The summed E-state index contributed by atoms with van der Waals surface area (Å²) in [4.78, 5) is 29.1. The van der Waals surface area contributed by atoms with E-state index in [4.69, 9.17) is 16.9 Å². The van der Waals surface area contributed by atoms with Gasteiger partial charge >= 0.3 is 0 Å². The summed E-state index contributed by atoms with van der Waals surface area (Å²) in [6.45, 7) is 1.75. The number of nitrogens with one attached hydrogen (secondary N) is 1. The van der Waals surface area contributed by atoms with Crippen molar-refractivity contribution in [2.75, 3.05) is 6.54 Å². The van der Waals surface area contributed by atoms with E-state index in [0.29, 0.717) is 39.2 Å². The summed E-state index contributed by atoms with van der Waals surface area (Å²) >= 11 is 6.44. The molecule has 2 heterocycles. The number of aryl methyl sites for hydroxylation is 1. The first-order chi connectivity index (χ1) is 17.0. The van der Waals surface area contributed by atoms with Crippen molar-refractivity contribution in [3.05, 3.63) is 100 Å². The summed E-state index contributed by atoms with van der Waals surface area (Å²) in [6, 6.07) is 19.2. The number of amides is 1. The molecule has 0 saturated heterocycles. The Bertz CT molecular complexity index is 1450. The Kier molecular flexibility index (Phi) is 7.10. The first-order valence-corrected chi connectivity index (χ1v) is 11.0. The second kappa shape index (κ2) is 10.5. The molecule has 0 bridgehead atoms. The van der Waals surface area contributed by atoms with Crippen LogP contribution < -0.4 is 5.32 Å². The number of rotatable bonds is 7. The van der Waals surface area contributed by atoms with Crippen molar-refractivity contribution in [3.8, 4) is 23.3 Å². The number of pyridine rings is 1. The van der Waals surface area contributed by atoms with E-state index in [1.165, 1.54) is 12.2 Å². The second-order valence-electron chi connectivity index (χ2n) is 7.55. The first-order valence-electron chi connectivity index (χ1n) is 10.6. The fourth-order valence-electron chi connectivity index (χ4n) is 3.25. The highest BCUT2D eigenvalue weighted by Crippen LogP contribution is 2.27. The van der Waals surface area contributed by atoms with Crippen LogP contribution in [0.25, 0.3) is 23.3 Å². The van der Waals surface area contributed by atoms with E-state index in [0.717, 1.165) is 5.56 Å². The molecule has 0 aliphatic rings. The molecule has 0 atom stereocenters. The quantitative estimate of drug-likeness (QED) is 0.312. The minimum absolute atomic E-state index is 0.190. The summed E-state index contributed by atoms with van der Waals surface area (Å²) in [6.07, 6.45) is 4.50. The predicted molar refractivity (Wildman–Crippen MR) is 132 cm³/mol. The van der Waals surface area contributed by atoms with Gasteiger partial charge in [-0.1, -0.05) is 41.9 Å². The van der Waals surface area contributed by atoms with E-state index in [1.54, 1.807) is 41.1 Å². The maximum atomic E-state index is 12.4. The topological polar surface area (TPSA) is 114 Å². The van der Waals surface area contributed by atoms with E-state index < -0.39 is 5.91 Å². The molecule has 0 saturated carbocycles. The molecule has 0 spiro atoms. The maximum absolute atomic E-state index is 12.4. The van der Waals surface area contributed by atoms with E-state index in [1.807, 2.05) is 43.3 Å². The van der Waals surface area contributed by atoms with Gasteiger partial charge in [0.05, 0.1) is 28.9 Å². The summed E-state index contributed by atoms with van der Waals surface area (Å²) < 4.78 is 1.71. The number of halogens is 1. The molecule has 0 aliphatic carbocycles. The Labute approximate surface area is 206 Å². The number of nitriles is 1. The van der Waals surface area contributed by atoms with Gasteiger partial charge in [-0.25, -0.2) is 0 Å². The zero-order chi connectivity index (χ0) is 24.8. The van der Waals surface area contributed by atoms with Crippen LogP contribution in [-0.4, -0.2) is 38.0 Å². The predicted octanol–water partition coefficient (Wildman–Crippen LogP) is 4.18. The van der Waals surface area contributed by atoms with Crippen molar-refractivity contribution in [1.82, 2.24) is 25.1 Å². The third kappa shape index (κ3) is 5.49. The minimum Gasteiger partial charge on any atom is -0.345 e. The number of aromatic nitrogens is 4. The maximum Gasteiger partial charge on any atom is 0.244 e. The van der Waals surface area contributed by atoms with E-state index >= 15 is 0 Å². The molecule has 35 heavy (non-hydrogen) atoms. The zero-order valence-corrected chi connectivity index (χ0v) is 19.4. The zero-order valence-electron chi connectivity index (χ0n) is 18.6. The summed E-state index contributed by atoms with van der Waals surface area (Å²) in [5, 5.41) is 20.4. The molecule has 0 unspecified atom stereocenters. The Morgan fingerprint density at radius 2 is 1.86 bits per heavy atom. The van der Waals surface area contributed by atoms with Crippen LogP contribution in [0.4, 0.5) is 0 Å². The highest BCUT2D eigenvalue weighted by atomic mass is 35.5. The number of para-hydroxylation sites is 1. The molecule has 2 aromatic carbocycles. The van der Waals surface area contributed by atoms with Gasteiger partial charge in [-0.3, -0.25) is 19.1 Å². The lowest BCUT2D eigenvalue weighted by atomic mass is 10.1. The monoisotopic (exact) mass is 482 g/mol. The van der Waals surface area contributed by atoms with Crippen molar-refractivity contribution >= 4 is 29.4 Å². The number of hydrogen-bond donors (Lipinski definition) is 1. The fraction of sp³-hybridized carbons (Fsp3) is 0.0769. The Morgan fingerprint density at radius 1 is 1.09 bits per heavy atom. The van der Waals surface area contributed by atoms with Gasteiger partial charge in [0.25, 0.3) is 0 Å². The molecule has 0 radical (unpaired) electrons. The van der Waals surface area contributed by atoms with Gasteiger partial charge < -0.3 is 5.32 Å². The summed E-state index contributed by atoms with van der Waals surface area (Å²) in [5.41, 5.74) is 3.09. The number of nitrogens with zero attached hydrogens (tertiary/aromatic N) is 5. The molecule has 2 aromatic heterocycles. The van der Waals surface area contributed by atoms with Gasteiger partial charge in [0.2, 0.25) is 5.91 Å². The van der Waals surface area contributed by atoms with E-state index in [9.17, 15) is 9.59 Å². The number of hydrogen-bond acceptors (Lipinski definition) is 6. The van der Waals surface area contributed by atoms with Crippen LogP contribution in [0.15, 0.2) is 72.9 Å². The summed E-state index contributed by atoms with van der Waals surface area (Å²) in [7, 11) is 0. The highest BCUT2D eigenvalue weighted by molar-refractivity contribution is 6.32. The lowest BCUT2D eigenvalue weighted by Crippen LogP contribution is -2.28. The van der Waals surface area contributed by atoms with E-state index in [2.05, 4.69) is 20.5 Å². The third-order valence-corrected chi connectivity index (χ3v) is 5.38. The van der Waals surface area contributed by atoms with Crippen LogP contribution in [0.3, 0.4) is 0 Å². The van der Waals surface area contributed by atoms with Gasteiger partial charge in [-0.15, -0.1) is 10.2 Å².